The number of carbonyl (C=O) groups is 1. The highest BCUT2D eigenvalue weighted by Gasteiger charge is 2.15. The lowest BCUT2D eigenvalue weighted by molar-refractivity contribution is 0.102. The minimum atomic E-state index is -0.609. The topological polar surface area (TPSA) is 62.4 Å². The molecule has 0 saturated heterocycles. The van der Waals surface area contributed by atoms with E-state index in [2.05, 4.69) is 16.0 Å². The molecule has 8 heteroatoms. The average molecular weight is 518 g/mol. The van der Waals surface area contributed by atoms with Gasteiger partial charge in [-0.3, -0.25) is 4.79 Å². The first-order valence-corrected chi connectivity index (χ1v) is 12.0. The second kappa shape index (κ2) is 12.6. The lowest BCUT2D eigenvalue weighted by atomic mass is 10.1. The second-order valence-electron chi connectivity index (χ2n) is 8.18. The molecule has 0 saturated carbocycles. The number of ether oxygens (including phenoxy) is 1. The molecule has 4 aromatic rings. The Morgan fingerprint density at radius 3 is 2.30 bits per heavy atom. The van der Waals surface area contributed by atoms with Crippen LogP contribution in [-0.2, 0) is 13.0 Å². The highest BCUT2D eigenvalue weighted by atomic mass is 32.1. The van der Waals surface area contributed by atoms with E-state index in [1.54, 1.807) is 36.4 Å². The molecule has 188 valence electrons. The number of nitrogens with one attached hydrogen (secondary N) is 3. The summed E-state index contributed by atoms with van der Waals surface area (Å²) in [6.45, 7) is 0.832. The molecule has 0 fully saturated rings. The second-order valence-corrected chi connectivity index (χ2v) is 8.58. The Balaban J connectivity index is 1.44. The summed E-state index contributed by atoms with van der Waals surface area (Å²) < 4.78 is 33.2. The molecular weight excluding hydrogens is 492 g/mol. The Bertz CT molecular complexity index is 1370. The van der Waals surface area contributed by atoms with Crippen molar-refractivity contribution in [2.24, 2.45) is 0 Å². The largest absolute Gasteiger partial charge is 0.487 e. The number of hydrogen-bond donors (Lipinski definition) is 3. The van der Waals surface area contributed by atoms with E-state index in [0.29, 0.717) is 35.2 Å². The monoisotopic (exact) mass is 517 g/mol. The molecule has 0 aromatic heterocycles. The summed E-state index contributed by atoms with van der Waals surface area (Å²) in [7, 11) is 0. The summed E-state index contributed by atoms with van der Waals surface area (Å²) in [5.74, 6) is -1.07. The van der Waals surface area contributed by atoms with Gasteiger partial charge < -0.3 is 20.7 Å². The van der Waals surface area contributed by atoms with Gasteiger partial charge in [0.05, 0.1) is 11.3 Å². The number of thiocarbonyl (C=S) groups is 1. The fraction of sp³-hybridized carbons (Fsp3) is 0.103. The molecule has 0 radical (unpaired) electrons. The smallest absolute Gasteiger partial charge is 0.258 e. The first-order valence-electron chi connectivity index (χ1n) is 11.6. The van der Waals surface area contributed by atoms with Gasteiger partial charge in [0.15, 0.2) is 5.11 Å². The minimum Gasteiger partial charge on any atom is -0.487 e. The van der Waals surface area contributed by atoms with Gasteiger partial charge in [0, 0.05) is 18.3 Å². The van der Waals surface area contributed by atoms with Crippen LogP contribution >= 0.6 is 12.2 Å². The fourth-order valence-corrected chi connectivity index (χ4v) is 3.76. The predicted octanol–water partition coefficient (Wildman–Crippen LogP) is 6.33. The molecule has 0 bridgehead atoms. The molecule has 1 amide bonds. The van der Waals surface area contributed by atoms with E-state index in [0.717, 1.165) is 11.1 Å². The van der Waals surface area contributed by atoms with Crippen LogP contribution in [0.25, 0.3) is 0 Å². The zero-order valence-corrected chi connectivity index (χ0v) is 20.7. The van der Waals surface area contributed by atoms with Crippen molar-refractivity contribution in [3.63, 3.8) is 0 Å². The summed E-state index contributed by atoms with van der Waals surface area (Å²) >= 11 is 5.40. The van der Waals surface area contributed by atoms with Crippen molar-refractivity contribution in [1.29, 1.82) is 0 Å². The van der Waals surface area contributed by atoms with Crippen LogP contribution in [0.2, 0.25) is 0 Å². The van der Waals surface area contributed by atoms with E-state index >= 15 is 0 Å². The van der Waals surface area contributed by atoms with Crippen molar-refractivity contribution in [3.8, 4) is 5.75 Å². The van der Waals surface area contributed by atoms with Gasteiger partial charge in [-0.2, -0.15) is 0 Å². The van der Waals surface area contributed by atoms with Crippen molar-refractivity contribution in [2.45, 2.75) is 13.0 Å². The summed E-state index contributed by atoms with van der Waals surface area (Å²) in [6, 6.07) is 26.8. The quantitative estimate of drug-likeness (QED) is 0.227. The number of rotatable bonds is 9. The maximum Gasteiger partial charge on any atom is 0.258 e. The number of benzene rings is 4. The third kappa shape index (κ3) is 7.59. The van der Waals surface area contributed by atoms with Gasteiger partial charge in [0.1, 0.15) is 24.0 Å². The molecule has 0 atom stereocenters. The molecule has 0 unspecified atom stereocenters. The Hall–Kier alpha value is -4.30. The van der Waals surface area contributed by atoms with E-state index < -0.39 is 11.7 Å². The number of hydrogen-bond acceptors (Lipinski definition) is 3. The lowest BCUT2D eigenvalue weighted by Gasteiger charge is -2.16. The van der Waals surface area contributed by atoms with Crippen LogP contribution in [0, 0.1) is 11.6 Å². The standard InChI is InChI=1S/C29H25F2N3O2S/c30-22-12-10-20(11-13-22)16-17-32-29(37)33-23-14-15-26(34-28(35)24-8-4-5-9-25(24)31)27(18-23)36-19-21-6-2-1-3-7-21/h1-15,18H,16-17,19H2,(H,34,35)(H2,32,33,37). The molecule has 4 rings (SSSR count). The van der Waals surface area contributed by atoms with Crippen LogP contribution in [-0.4, -0.2) is 17.6 Å². The van der Waals surface area contributed by atoms with Gasteiger partial charge in [0.25, 0.3) is 5.91 Å². The van der Waals surface area contributed by atoms with Crippen molar-refractivity contribution in [2.75, 3.05) is 17.2 Å². The lowest BCUT2D eigenvalue weighted by Crippen LogP contribution is -2.30. The number of amides is 1. The van der Waals surface area contributed by atoms with Crippen LogP contribution in [0.1, 0.15) is 21.5 Å². The average Bonchev–Trinajstić information content (AvgIpc) is 2.90. The Labute approximate surface area is 219 Å². The first-order chi connectivity index (χ1) is 18.0. The van der Waals surface area contributed by atoms with Gasteiger partial charge in [-0.15, -0.1) is 0 Å². The van der Waals surface area contributed by atoms with Gasteiger partial charge >= 0.3 is 0 Å². The molecule has 0 aliphatic carbocycles. The third-order valence-corrected chi connectivity index (χ3v) is 5.70. The highest BCUT2D eigenvalue weighted by molar-refractivity contribution is 7.80. The molecule has 0 heterocycles. The number of halogens is 2. The first kappa shape index (κ1) is 25.8. The fourth-order valence-electron chi connectivity index (χ4n) is 3.54. The summed E-state index contributed by atoms with van der Waals surface area (Å²) in [6.07, 6.45) is 0.675. The van der Waals surface area contributed by atoms with E-state index in [1.807, 2.05) is 30.3 Å². The Morgan fingerprint density at radius 1 is 0.811 bits per heavy atom. The van der Waals surface area contributed by atoms with Crippen LogP contribution in [0.4, 0.5) is 20.2 Å². The zero-order valence-electron chi connectivity index (χ0n) is 19.8. The van der Waals surface area contributed by atoms with E-state index in [9.17, 15) is 13.6 Å². The molecular formula is C29H25F2N3O2S. The molecule has 0 spiro atoms. The Kier molecular flexibility index (Phi) is 8.78. The molecule has 0 aliphatic heterocycles. The SMILES string of the molecule is O=C(Nc1ccc(NC(=S)NCCc2ccc(F)cc2)cc1OCc1ccccc1)c1ccccc1F. The third-order valence-electron chi connectivity index (χ3n) is 5.46. The van der Waals surface area contributed by atoms with Crippen LogP contribution in [0.3, 0.4) is 0 Å². The minimum absolute atomic E-state index is 0.0646. The normalized spacial score (nSPS) is 10.4. The molecule has 5 nitrogen and oxygen atoms in total. The number of carbonyl (C=O) groups excluding carboxylic acids is 1. The maximum atomic E-state index is 14.1. The van der Waals surface area contributed by atoms with Gasteiger partial charge in [-0.1, -0.05) is 54.6 Å². The summed E-state index contributed by atoms with van der Waals surface area (Å²) in [4.78, 5) is 12.7. The highest BCUT2D eigenvalue weighted by Crippen LogP contribution is 2.30. The van der Waals surface area contributed by atoms with Crippen molar-refractivity contribution in [3.05, 3.63) is 125 Å². The summed E-state index contributed by atoms with van der Waals surface area (Å²) in [5, 5.41) is 9.36. The van der Waals surface area contributed by atoms with E-state index in [1.165, 1.54) is 30.3 Å². The van der Waals surface area contributed by atoms with Crippen molar-refractivity contribution >= 4 is 34.6 Å². The number of anilines is 2. The molecule has 4 aromatic carbocycles. The van der Waals surface area contributed by atoms with Crippen LogP contribution < -0.4 is 20.7 Å². The van der Waals surface area contributed by atoms with E-state index in [-0.39, 0.29) is 18.0 Å². The van der Waals surface area contributed by atoms with Gasteiger partial charge in [-0.25, -0.2) is 8.78 Å². The van der Waals surface area contributed by atoms with Gasteiger partial charge in [0.2, 0.25) is 0 Å². The molecule has 0 aliphatic rings. The Morgan fingerprint density at radius 2 is 1.54 bits per heavy atom. The van der Waals surface area contributed by atoms with Crippen molar-refractivity contribution in [1.82, 2.24) is 5.32 Å². The maximum absolute atomic E-state index is 14.1. The molecule has 37 heavy (non-hydrogen) atoms. The van der Waals surface area contributed by atoms with Crippen molar-refractivity contribution < 1.29 is 18.3 Å². The van der Waals surface area contributed by atoms with Crippen LogP contribution in [0.15, 0.2) is 97.1 Å². The van der Waals surface area contributed by atoms with E-state index in [4.69, 9.17) is 17.0 Å². The zero-order chi connectivity index (χ0) is 26.0. The van der Waals surface area contributed by atoms with Crippen LogP contribution in [0.5, 0.6) is 5.75 Å². The predicted molar refractivity (Wildman–Crippen MR) is 146 cm³/mol. The van der Waals surface area contributed by atoms with Gasteiger partial charge in [-0.05, 0) is 66.2 Å². The summed E-state index contributed by atoms with van der Waals surface area (Å²) in [5.41, 5.74) is 2.91. The molecule has 3 N–H and O–H groups in total.